The van der Waals surface area contributed by atoms with E-state index in [4.69, 9.17) is 0 Å². The molecule has 4 nitrogen and oxygen atoms in total. The molecule has 1 aromatic carbocycles. The number of aliphatic hydroxyl groups excluding tert-OH is 1. The van der Waals surface area contributed by atoms with Gasteiger partial charge in [0.25, 0.3) is 0 Å². The van der Waals surface area contributed by atoms with Crippen molar-refractivity contribution in [1.29, 1.82) is 0 Å². The summed E-state index contributed by atoms with van der Waals surface area (Å²) in [5, 5.41) is 20.1. The first-order valence-corrected chi connectivity index (χ1v) is 8.57. The van der Waals surface area contributed by atoms with Crippen LogP contribution < -0.4 is 5.32 Å². The Morgan fingerprint density at radius 1 is 1.04 bits per heavy atom. The van der Waals surface area contributed by atoms with Gasteiger partial charge in [0, 0.05) is 17.7 Å². The molecule has 2 aromatic rings. The molecule has 0 saturated heterocycles. The lowest BCUT2D eigenvalue weighted by Gasteiger charge is -2.18. The Balaban J connectivity index is 2.13. The molecule has 152 valence electrons. The van der Waals surface area contributed by atoms with Gasteiger partial charge in [-0.2, -0.15) is 26.3 Å². The van der Waals surface area contributed by atoms with Crippen LogP contribution in [0.4, 0.5) is 32.2 Å². The number of hydrogen-bond donors (Lipinski definition) is 2. The Morgan fingerprint density at radius 2 is 1.71 bits per heavy atom. The SMILES string of the molecule is C[C@@H](O)CNc1nnc(-c2ccc(C(F)(F)F)cc2C(F)(F)F)c2c1CCC2. The molecule has 0 radical (unpaired) electrons. The van der Waals surface area contributed by atoms with Gasteiger partial charge in [-0.25, -0.2) is 0 Å². The van der Waals surface area contributed by atoms with E-state index in [0.717, 1.165) is 6.07 Å². The van der Waals surface area contributed by atoms with Crippen LogP contribution in [0.25, 0.3) is 11.3 Å². The molecule has 1 aliphatic rings. The zero-order chi connectivity index (χ0) is 20.7. The van der Waals surface area contributed by atoms with Gasteiger partial charge in [-0.1, -0.05) is 6.07 Å². The number of nitrogens with one attached hydrogen (secondary N) is 1. The van der Waals surface area contributed by atoms with Crippen LogP contribution in [0.5, 0.6) is 0 Å². The Bertz CT molecular complexity index is 877. The first-order valence-electron chi connectivity index (χ1n) is 8.57. The Morgan fingerprint density at radius 3 is 2.32 bits per heavy atom. The van der Waals surface area contributed by atoms with E-state index < -0.39 is 35.1 Å². The van der Waals surface area contributed by atoms with Crippen LogP contribution in [0.3, 0.4) is 0 Å². The van der Waals surface area contributed by atoms with Crippen molar-refractivity contribution < 1.29 is 31.4 Å². The summed E-state index contributed by atoms with van der Waals surface area (Å²) in [7, 11) is 0. The smallest absolute Gasteiger partial charge is 0.392 e. The summed E-state index contributed by atoms with van der Waals surface area (Å²) in [5.41, 5.74) is -2.03. The lowest BCUT2D eigenvalue weighted by Crippen LogP contribution is -2.18. The maximum atomic E-state index is 13.5. The van der Waals surface area contributed by atoms with Crippen molar-refractivity contribution in [3.63, 3.8) is 0 Å². The highest BCUT2D eigenvalue weighted by Crippen LogP contribution is 2.43. The molecule has 1 heterocycles. The minimum Gasteiger partial charge on any atom is -0.392 e. The molecule has 0 fully saturated rings. The van der Waals surface area contributed by atoms with E-state index in [1.54, 1.807) is 6.92 Å². The second-order valence-electron chi connectivity index (χ2n) is 6.69. The van der Waals surface area contributed by atoms with Crippen molar-refractivity contribution in [3.8, 4) is 11.3 Å². The Labute approximate surface area is 156 Å². The number of alkyl halides is 6. The van der Waals surface area contributed by atoms with Crippen LogP contribution in [0.1, 0.15) is 35.6 Å². The summed E-state index contributed by atoms with van der Waals surface area (Å²) in [6, 6.07) is 1.53. The fourth-order valence-electron chi connectivity index (χ4n) is 3.25. The molecule has 1 aliphatic carbocycles. The predicted molar refractivity (Wildman–Crippen MR) is 89.7 cm³/mol. The van der Waals surface area contributed by atoms with Crippen LogP contribution in [0.2, 0.25) is 0 Å². The second-order valence-corrected chi connectivity index (χ2v) is 6.69. The molecule has 0 saturated carbocycles. The van der Waals surface area contributed by atoms with E-state index in [1.807, 2.05) is 0 Å². The van der Waals surface area contributed by atoms with Gasteiger partial charge in [0.1, 0.15) is 0 Å². The molecule has 1 atom stereocenters. The number of hydrogen-bond acceptors (Lipinski definition) is 4. The number of fused-ring (bicyclic) bond motifs is 1. The highest BCUT2D eigenvalue weighted by Gasteiger charge is 2.39. The average molecular weight is 405 g/mol. The van der Waals surface area contributed by atoms with E-state index in [0.29, 0.717) is 42.3 Å². The third-order valence-electron chi connectivity index (χ3n) is 4.51. The van der Waals surface area contributed by atoms with Gasteiger partial charge in [-0.15, -0.1) is 10.2 Å². The van der Waals surface area contributed by atoms with Crippen LogP contribution in [-0.2, 0) is 25.2 Å². The number of halogens is 6. The van der Waals surface area contributed by atoms with E-state index in [2.05, 4.69) is 15.5 Å². The summed E-state index contributed by atoms with van der Waals surface area (Å²) < 4.78 is 79.1. The molecule has 0 amide bonds. The molecule has 0 aliphatic heterocycles. The van der Waals surface area contributed by atoms with Crippen molar-refractivity contribution in [1.82, 2.24) is 10.2 Å². The summed E-state index contributed by atoms with van der Waals surface area (Å²) in [6.07, 6.45) is -8.86. The van der Waals surface area contributed by atoms with E-state index in [1.165, 1.54) is 0 Å². The van der Waals surface area contributed by atoms with E-state index in [9.17, 15) is 31.4 Å². The fourth-order valence-corrected chi connectivity index (χ4v) is 3.25. The summed E-state index contributed by atoms with van der Waals surface area (Å²) >= 11 is 0. The molecule has 1 aromatic heterocycles. The predicted octanol–water partition coefficient (Wildman–Crippen LogP) is 4.46. The number of anilines is 1. The lowest BCUT2D eigenvalue weighted by atomic mass is 9.96. The van der Waals surface area contributed by atoms with E-state index in [-0.39, 0.29) is 18.3 Å². The summed E-state index contributed by atoms with van der Waals surface area (Å²) in [6.45, 7) is 1.75. The topological polar surface area (TPSA) is 58.0 Å². The minimum atomic E-state index is -4.98. The maximum absolute atomic E-state index is 13.5. The second kappa shape index (κ2) is 7.23. The highest BCUT2D eigenvalue weighted by molar-refractivity contribution is 5.72. The third-order valence-corrected chi connectivity index (χ3v) is 4.51. The van der Waals surface area contributed by atoms with Crippen LogP contribution in [-0.4, -0.2) is 28.0 Å². The molecule has 10 heteroatoms. The highest BCUT2D eigenvalue weighted by atomic mass is 19.4. The Kier molecular flexibility index (Phi) is 5.26. The first kappa shape index (κ1) is 20.4. The number of benzene rings is 1. The zero-order valence-electron chi connectivity index (χ0n) is 14.7. The zero-order valence-corrected chi connectivity index (χ0v) is 14.7. The Hall–Kier alpha value is -2.36. The minimum absolute atomic E-state index is 0.0591. The molecule has 3 rings (SSSR count). The molecule has 0 bridgehead atoms. The number of aliphatic hydroxyl groups is 1. The van der Waals surface area contributed by atoms with Gasteiger partial charge >= 0.3 is 12.4 Å². The van der Waals surface area contributed by atoms with Gasteiger partial charge in [0.05, 0.1) is 22.9 Å². The van der Waals surface area contributed by atoms with Gasteiger partial charge in [-0.3, -0.25) is 0 Å². The average Bonchev–Trinajstić information content (AvgIpc) is 3.07. The van der Waals surface area contributed by atoms with Crippen LogP contribution in [0, 0.1) is 0 Å². The van der Waals surface area contributed by atoms with Gasteiger partial charge < -0.3 is 10.4 Å². The van der Waals surface area contributed by atoms with Crippen LogP contribution in [0.15, 0.2) is 18.2 Å². The standard InChI is InChI=1S/C18H17F6N3O/c1-9(28)8-25-16-12-4-2-3-11(12)15(26-27-16)13-6-5-10(17(19,20)21)7-14(13)18(22,23)24/h5-7,9,28H,2-4,8H2,1H3,(H,25,27)/t9-/m1/s1. The molecule has 0 unspecified atom stereocenters. The lowest BCUT2D eigenvalue weighted by molar-refractivity contribution is -0.142. The van der Waals surface area contributed by atoms with Crippen LogP contribution >= 0.6 is 0 Å². The summed E-state index contributed by atoms with van der Waals surface area (Å²) in [4.78, 5) is 0. The third kappa shape index (κ3) is 4.06. The monoisotopic (exact) mass is 405 g/mol. The van der Waals surface area contributed by atoms with Crippen molar-refractivity contribution in [3.05, 3.63) is 40.5 Å². The number of rotatable bonds is 4. The largest absolute Gasteiger partial charge is 0.417 e. The molecule has 0 spiro atoms. The van der Waals surface area contributed by atoms with Crippen molar-refractivity contribution in [2.24, 2.45) is 0 Å². The molecular formula is C18H17F6N3O. The van der Waals surface area contributed by atoms with Gasteiger partial charge in [0.2, 0.25) is 0 Å². The molecule has 28 heavy (non-hydrogen) atoms. The van der Waals surface area contributed by atoms with Crippen molar-refractivity contribution in [2.45, 2.75) is 44.6 Å². The number of nitrogens with zero attached hydrogens (tertiary/aromatic N) is 2. The van der Waals surface area contributed by atoms with Gasteiger partial charge in [0.15, 0.2) is 5.82 Å². The molecule has 2 N–H and O–H groups in total. The molecular weight excluding hydrogens is 388 g/mol. The number of aromatic nitrogens is 2. The van der Waals surface area contributed by atoms with E-state index >= 15 is 0 Å². The quantitative estimate of drug-likeness (QED) is 0.738. The van der Waals surface area contributed by atoms with Gasteiger partial charge in [-0.05, 0) is 43.9 Å². The normalized spacial score (nSPS) is 15.4. The first-order chi connectivity index (χ1) is 13.0. The fraction of sp³-hybridized carbons (Fsp3) is 0.444. The van der Waals surface area contributed by atoms with Crippen molar-refractivity contribution in [2.75, 3.05) is 11.9 Å². The van der Waals surface area contributed by atoms with Crippen molar-refractivity contribution >= 4 is 5.82 Å². The summed E-state index contributed by atoms with van der Waals surface area (Å²) in [5.74, 6) is 0.373. The maximum Gasteiger partial charge on any atom is 0.417 e.